The second-order valence-corrected chi connectivity index (χ2v) is 5.99. The summed E-state index contributed by atoms with van der Waals surface area (Å²) in [7, 11) is 0. The Kier molecular flexibility index (Phi) is 5.51. The van der Waals surface area contributed by atoms with Crippen LogP contribution in [0, 0.1) is 6.92 Å². The average molecular weight is 335 g/mol. The summed E-state index contributed by atoms with van der Waals surface area (Å²) in [4.78, 5) is 12.2. The van der Waals surface area contributed by atoms with Crippen LogP contribution in [-0.2, 0) is 30.7 Å². The highest BCUT2D eigenvalue weighted by Crippen LogP contribution is 2.04. The average Bonchev–Trinajstić information content (AvgIpc) is 3.07. The number of nitrogens with one attached hydrogen (secondary N) is 1. The van der Waals surface area contributed by atoms with E-state index in [1.165, 1.54) is 11.1 Å². The Labute approximate surface area is 146 Å². The molecule has 0 atom stereocenters. The fraction of sp³-hybridized carbons (Fsp3) is 0.263. The van der Waals surface area contributed by atoms with Crippen LogP contribution in [0.1, 0.15) is 22.5 Å². The molecular formula is C19H21N5O. The molecule has 0 aliphatic rings. The van der Waals surface area contributed by atoms with E-state index in [1.54, 1.807) is 4.68 Å². The minimum atomic E-state index is -0.0867. The zero-order valence-corrected chi connectivity index (χ0v) is 14.2. The van der Waals surface area contributed by atoms with Gasteiger partial charge in [0, 0.05) is 13.1 Å². The van der Waals surface area contributed by atoms with Crippen molar-refractivity contribution < 1.29 is 4.79 Å². The number of carbonyl (C=O) groups excluding carboxylic acids is 1. The van der Waals surface area contributed by atoms with Crippen molar-refractivity contribution in [1.82, 2.24) is 25.5 Å². The Bertz CT molecular complexity index is 811. The molecule has 6 heteroatoms. The molecule has 3 aromatic rings. The fourth-order valence-electron chi connectivity index (χ4n) is 2.52. The molecule has 0 radical (unpaired) electrons. The maximum Gasteiger partial charge on any atom is 0.227 e. The first-order chi connectivity index (χ1) is 12.2. The summed E-state index contributed by atoms with van der Waals surface area (Å²) in [6.45, 7) is 3.19. The van der Waals surface area contributed by atoms with Gasteiger partial charge in [0.15, 0.2) is 5.82 Å². The van der Waals surface area contributed by atoms with Gasteiger partial charge in [0.1, 0.15) is 0 Å². The number of benzene rings is 2. The predicted octanol–water partition coefficient (Wildman–Crippen LogP) is 2.08. The number of carbonyl (C=O) groups is 1. The van der Waals surface area contributed by atoms with E-state index in [1.807, 2.05) is 49.4 Å². The van der Waals surface area contributed by atoms with Gasteiger partial charge >= 0.3 is 0 Å². The van der Waals surface area contributed by atoms with Crippen molar-refractivity contribution in [1.29, 1.82) is 0 Å². The van der Waals surface area contributed by atoms with Crippen molar-refractivity contribution in [2.45, 2.75) is 32.9 Å². The van der Waals surface area contributed by atoms with Crippen molar-refractivity contribution >= 4 is 5.91 Å². The van der Waals surface area contributed by atoms with E-state index in [2.05, 4.69) is 33.0 Å². The van der Waals surface area contributed by atoms with Gasteiger partial charge in [0.25, 0.3) is 0 Å². The van der Waals surface area contributed by atoms with Crippen molar-refractivity contribution in [2.24, 2.45) is 0 Å². The van der Waals surface area contributed by atoms with Crippen LogP contribution in [0.25, 0.3) is 0 Å². The molecule has 0 saturated carbocycles. The van der Waals surface area contributed by atoms with Gasteiger partial charge in [-0.25, -0.2) is 4.68 Å². The predicted molar refractivity (Wildman–Crippen MR) is 94.7 cm³/mol. The summed E-state index contributed by atoms with van der Waals surface area (Å²) < 4.78 is 1.69. The molecule has 0 aliphatic heterocycles. The highest BCUT2D eigenvalue weighted by molar-refractivity contribution is 5.77. The van der Waals surface area contributed by atoms with E-state index in [9.17, 15) is 4.79 Å². The first kappa shape index (κ1) is 16.8. The van der Waals surface area contributed by atoms with Crippen LogP contribution in [0.3, 0.4) is 0 Å². The van der Waals surface area contributed by atoms with E-state index < -0.39 is 0 Å². The summed E-state index contributed by atoms with van der Waals surface area (Å²) in [6.07, 6.45) is 0.998. The van der Waals surface area contributed by atoms with Gasteiger partial charge < -0.3 is 5.32 Å². The van der Waals surface area contributed by atoms with Crippen molar-refractivity contribution in [3.05, 3.63) is 77.1 Å². The van der Waals surface area contributed by atoms with Crippen LogP contribution in [0.4, 0.5) is 0 Å². The number of tetrazole rings is 1. The third-order valence-corrected chi connectivity index (χ3v) is 3.99. The zero-order chi connectivity index (χ0) is 17.5. The second-order valence-electron chi connectivity index (χ2n) is 5.99. The number of hydrogen-bond donors (Lipinski definition) is 1. The lowest BCUT2D eigenvalue weighted by molar-refractivity contribution is -0.120. The van der Waals surface area contributed by atoms with Crippen molar-refractivity contribution in [3.63, 3.8) is 0 Å². The summed E-state index contributed by atoms with van der Waals surface area (Å²) in [5, 5.41) is 14.6. The van der Waals surface area contributed by atoms with Crippen LogP contribution in [0.2, 0.25) is 0 Å². The smallest absolute Gasteiger partial charge is 0.227 e. The maximum absolute atomic E-state index is 12.2. The summed E-state index contributed by atoms with van der Waals surface area (Å²) in [5.74, 6) is 0.494. The first-order valence-electron chi connectivity index (χ1n) is 8.32. The molecule has 0 spiro atoms. The highest BCUT2D eigenvalue weighted by Gasteiger charge is 2.11. The normalized spacial score (nSPS) is 10.6. The maximum atomic E-state index is 12.2. The number of nitrogens with zero attached hydrogens (tertiary/aromatic N) is 4. The SMILES string of the molecule is Cc1ccc(CNC(=O)Cc2nnnn2CCc2ccccc2)cc1. The topological polar surface area (TPSA) is 72.7 Å². The van der Waals surface area contributed by atoms with E-state index in [-0.39, 0.29) is 12.3 Å². The number of aromatic nitrogens is 4. The van der Waals surface area contributed by atoms with E-state index >= 15 is 0 Å². The third-order valence-electron chi connectivity index (χ3n) is 3.99. The minimum Gasteiger partial charge on any atom is -0.352 e. The quantitative estimate of drug-likeness (QED) is 0.717. The van der Waals surface area contributed by atoms with Crippen LogP contribution in [-0.4, -0.2) is 26.1 Å². The van der Waals surface area contributed by atoms with Crippen LogP contribution in [0.5, 0.6) is 0 Å². The first-order valence-corrected chi connectivity index (χ1v) is 8.32. The summed E-state index contributed by atoms with van der Waals surface area (Å²) in [6, 6.07) is 18.2. The molecule has 2 aromatic carbocycles. The number of amides is 1. The lowest BCUT2D eigenvalue weighted by Crippen LogP contribution is -2.26. The Balaban J connectivity index is 1.51. The fourth-order valence-corrected chi connectivity index (χ4v) is 2.52. The highest BCUT2D eigenvalue weighted by atomic mass is 16.1. The van der Waals surface area contributed by atoms with Gasteiger partial charge in [0.2, 0.25) is 5.91 Å². The monoisotopic (exact) mass is 335 g/mol. The molecule has 0 fully saturated rings. The Morgan fingerprint density at radius 1 is 1.04 bits per heavy atom. The molecule has 0 aliphatic carbocycles. The van der Waals surface area contributed by atoms with Gasteiger partial charge in [-0.05, 0) is 34.9 Å². The summed E-state index contributed by atoms with van der Waals surface area (Å²) >= 11 is 0. The van der Waals surface area contributed by atoms with Crippen LogP contribution >= 0.6 is 0 Å². The number of aryl methyl sites for hydroxylation is 3. The third kappa shape index (κ3) is 4.97. The molecule has 0 saturated heterocycles. The van der Waals surface area contributed by atoms with Gasteiger partial charge in [-0.15, -0.1) is 5.10 Å². The zero-order valence-electron chi connectivity index (χ0n) is 14.2. The number of rotatable bonds is 7. The standard InChI is InChI=1S/C19H21N5O/c1-15-7-9-17(10-8-15)14-20-19(25)13-18-21-22-23-24(18)12-11-16-5-3-2-4-6-16/h2-10H,11-14H2,1H3,(H,20,25). The Morgan fingerprint density at radius 3 is 2.56 bits per heavy atom. The van der Waals surface area contributed by atoms with Crippen LogP contribution in [0.15, 0.2) is 54.6 Å². The molecule has 0 bridgehead atoms. The molecule has 3 rings (SSSR count). The Morgan fingerprint density at radius 2 is 1.80 bits per heavy atom. The van der Waals surface area contributed by atoms with E-state index in [4.69, 9.17) is 0 Å². The molecule has 0 unspecified atom stereocenters. The molecule has 6 nitrogen and oxygen atoms in total. The van der Waals surface area contributed by atoms with Crippen molar-refractivity contribution in [2.75, 3.05) is 0 Å². The lowest BCUT2D eigenvalue weighted by Gasteiger charge is -2.07. The van der Waals surface area contributed by atoms with Crippen LogP contribution < -0.4 is 5.32 Å². The molecule has 1 aromatic heterocycles. The van der Waals surface area contributed by atoms with Gasteiger partial charge in [-0.2, -0.15) is 0 Å². The van der Waals surface area contributed by atoms with E-state index in [0.717, 1.165) is 12.0 Å². The Hall–Kier alpha value is -3.02. The molecule has 1 amide bonds. The van der Waals surface area contributed by atoms with Crippen molar-refractivity contribution in [3.8, 4) is 0 Å². The number of hydrogen-bond acceptors (Lipinski definition) is 4. The van der Waals surface area contributed by atoms with Gasteiger partial charge in [-0.3, -0.25) is 4.79 Å². The second kappa shape index (κ2) is 8.19. The largest absolute Gasteiger partial charge is 0.352 e. The lowest BCUT2D eigenvalue weighted by atomic mass is 10.1. The molecular weight excluding hydrogens is 314 g/mol. The van der Waals surface area contributed by atoms with E-state index in [0.29, 0.717) is 18.9 Å². The molecule has 25 heavy (non-hydrogen) atoms. The molecule has 128 valence electrons. The van der Waals surface area contributed by atoms with Gasteiger partial charge in [0.05, 0.1) is 6.42 Å². The van der Waals surface area contributed by atoms with Gasteiger partial charge in [-0.1, -0.05) is 60.2 Å². The molecule has 1 N–H and O–H groups in total. The molecule has 1 heterocycles. The minimum absolute atomic E-state index is 0.0867. The summed E-state index contributed by atoms with van der Waals surface area (Å²) in [5.41, 5.74) is 3.49.